The van der Waals surface area contributed by atoms with Crippen molar-refractivity contribution in [1.82, 2.24) is 4.98 Å². The smallest absolute Gasteiger partial charge is 0.182 e. The van der Waals surface area contributed by atoms with Gasteiger partial charge in [-0.25, -0.2) is 8.42 Å². The highest BCUT2D eigenvalue weighted by molar-refractivity contribution is 7.91. The normalized spacial score (nSPS) is 19.8. The van der Waals surface area contributed by atoms with Gasteiger partial charge in [-0.1, -0.05) is 55.0 Å². The van der Waals surface area contributed by atoms with Crippen molar-refractivity contribution in [3.63, 3.8) is 0 Å². The van der Waals surface area contributed by atoms with E-state index in [2.05, 4.69) is 38.1 Å². The number of hydrogen-bond donors (Lipinski definition) is 0. The number of aryl methyl sites for hydroxylation is 2. The Labute approximate surface area is 162 Å². The number of nitrogens with zero attached hydrogens (tertiary/aromatic N) is 1. The largest absolute Gasteiger partial charge is 0.257 e. The van der Waals surface area contributed by atoms with Crippen LogP contribution < -0.4 is 0 Å². The van der Waals surface area contributed by atoms with Crippen LogP contribution in [0, 0.1) is 13.8 Å². The Morgan fingerprint density at radius 3 is 2.63 bits per heavy atom. The molecule has 0 amide bonds. The van der Waals surface area contributed by atoms with E-state index in [4.69, 9.17) is 4.98 Å². The van der Waals surface area contributed by atoms with Crippen LogP contribution in [-0.2, 0) is 21.7 Å². The van der Waals surface area contributed by atoms with Crippen LogP contribution in [0.5, 0.6) is 0 Å². The lowest BCUT2D eigenvalue weighted by Gasteiger charge is -2.31. The number of aromatic nitrogens is 1. The average Bonchev–Trinajstić information content (AvgIpc) is 2.63. The number of benzene rings is 1. The molecule has 0 spiro atoms. The monoisotopic (exact) mass is 381 g/mol. The first kappa shape index (κ1) is 19.6. The van der Waals surface area contributed by atoms with E-state index in [9.17, 15) is 8.42 Å². The van der Waals surface area contributed by atoms with Crippen LogP contribution >= 0.6 is 0 Å². The third kappa shape index (κ3) is 4.22. The highest BCUT2D eigenvalue weighted by Gasteiger charge is 2.29. The van der Waals surface area contributed by atoms with Crippen LogP contribution in [0.15, 0.2) is 65.1 Å². The Bertz CT molecular complexity index is 1000. The third-order valence-electron chi connectivity index (χ3n) is 5.35. The topological polar surface area (TPSA) is 47.0 Å². The fraction of sp³-hybridized carbons (Fsp3) is 0.348. The molecule has 1 atom stereocenters. The maximum absolute atomic E-state index is 12.6. The highest BCUT2D eigenvalue weighted by atomic mass is 32.2. The maximum atomic E-state index is 12.6. The molecule has 0 N–H and O–H groups in total. The molecule has 1 aliphatic carbocycles. The molecule has 0 bridgehead atoms. The van der Waals surface area contributed by atoms with Crippen LogP contribution in [-0.4, -0.2) is 19.2 Å². The number of allylic oxidation sites excluding steroid dienone is 3. The van der Waals surface area contributed by atoms with Crippen molar-refractivity contribution in [2.24, 2.45) is 0 Å². The first-order valence-electron chi connectivity index (χ1n) is 9.30. The summed E-state index contributed by atoms with van der Waals surface area (Å²) in [6.07, 6.45) is 8.10. The van der Waals surface area contributed by atoms with Crippen LogP contribution in [0.3, 0.4) is 0 Å². The molecule has 1 aromatic carbocycles. The zero-order chi connectivity index (χ0) is 19.7. The van der Waals surface area contributed by atoms with E-state index in [-0.39, 0.29) is 11.2 Å². The average molecular weight is 382 g/mol. The lowest BCUT2D eigenvalue weighted by molar-refractivity contribution is 0.578. The Balaban J connectivity index is 1.82. The standard InChI is InChI=1S/C23H27NO2S/c1-17(16-27(25,26)20-9-6-5-7-10-20)12-14-23(4)13-8-11-22-21(23)15-18(2)19(3)24-22/h5-10,12-13,15H,11,14,16H2,1-4H3. The summed E-state index contributed by atoms with van der Waals surface area (Å²) in [5, 5.41) is 0. The molecule has 0 saturated carbocycles. The Kier molecular flexibility index (Phi) is 5.38. The summed E-state index contributed by atoms with van der Waals surface area (Å²) >= 11 is 0. The van der Waals surface area contributed by atoms with Gasteiger partial charge in [0.05, 0.1) is 10.6 Å². The van der Waals surface area contributed by atoms with E-state index in [1.165, 1.54) is 11.1 Å². The Hall–Kier alpha value is -2.20. The molecular formula is C23H27NO2S. The summed E-state index contributed by atoms with van der Waals surface area (Å²) in [5.41, 5.74) is 5.37. The van der Waals surface area contributed by atoms with E-state index in [0.29, 0.717) is 4.90 Å². The van der Waals surface area contributed by atoms with Crippen molar-refractivity contribution >= 4 is 9.84 Å². The van der Waals surface area contributed by atoms with Crippen molar-refractivity contribution in [3.05, 3.63) is 82.7 Å². The van der Waals surface area contributed by atoms with Crippen molar-refractivity contribution < 1.29 is 8.42 Å². The summed E-state index contributed by atoms with van der Waals surface area (Å²) in [6.45, 7) is 8.24. The van der Waals surface area contributed by atoms with E-state index in [1.807, 2.05) is 19.9 Å². The van der Waals surface area contributed by atoms with E-state index in [1.54, 1.807) is 24.3 Å². The number of pyridine rings is 1. The zero-order valence-corrected chi connectivity index (χ0v) is 17.3. The fourth-order valence-corrected chi connectivity index (χ4v) is 5.02. The summed E-state index contributed by atoms with van der Waals surface area (Å²) in [5.74, 6) is 0.0504. The molecule has 1 aliphatic rings. The number of hydrogen-bond acceptors (Lipinski definition) is 3. The van der Waals surface area contributed by atoms with Crippen LogP contribution in [0.4, 0.5) is 0 Å². The number of rotatable bonds is 5. The molecule has 3 nitrogen and oxygen atoms in total. The van der Waals surface area contributed by atoms with Crippen LogP contribution in [0.1, 0.15) is 42.8 Å². The molecule has 0 saturated heterocycles. The van der Waals surface area contributed by atoms with Gasteiger partial charge in [0.25, 0.3) is 0 Å². The Morgan fingerprint density at radius 1 is 1.22 bits per heavy atom. The molecule has 4 heteroatoms. The second kappa shape index (κ2) is 7.43. The number of sulfone groups is 1. The van der Waals surface area contributed by atoms with Crippen molar-refractivity contribution in [1.29, 1.82) is 0 Å². The minimum atomic E-state index is -3.30. The molecule has 1 heterocycles. The van der Waals surface area contributed by atoms with Gasteiger partial charge in [-0.2, -0.15) is 0 Å². The molecule has 0 fully saturated rings. The van der Waals surface area contributed by atoms with Crippen molar-refractivity contribution in [2.75, 3.05) is 5.75 Å². The molecule has 0 aliphatic heterocycles. The van der Waals surface area contributed by atoms with Gasteiger partial charge in [0.1, 0.15) is 0 Å². The molecule has 0 radical (unpaired) electrons. The molecular weight excluding hydrogens is 354 g/mol. The lowest BCUT2D eigenvalue weighted by Crippen LogP contribution is -2.25. The molecule has 3 rings (SSSR count). The molecule has 1 aromatic heterocycles. The molecule has 27 heavy (non-hydrogen) atoms. The SMILES string of the molecule is CC(=CCC1(C)C=CCc2nc(C)c(C)cc21)CS(=O)(=O)c1ccccc1. The lowest BCUT2D eigenvalue weighted by atomic mass is 9.74. The maximum Gasteiger partial charge on any atom is 0.182 e. The number of fused-ring (bicyclic) bond motifs is 1. The van der Waals surface area contributed by atoms with Gasteiger partial charge in [0.2, 0.25) is 0 Å². The predicted octanol–water partition coefficient (Wildman–Crippen LogP) is 4.88. The van der Waals surface area contributed by atoms with Gasteiger partial charge >= 0.3 is 0 Å². The molecule has 2 aromatic rings. The first-order valence-corrected chi connectivity index (χ1v) is 11.0. The van der Waals surface area contributed by atoms with Crippen molar-refractivity contribution in [2.45, 2.75) is 50.8 Å². The van der Waals surface area contributed by atoms with E-state index in [0.717, 1.165) is 29.8 Å². The summed E-state index contributed by atoms with van der Waals surface area (Å²) < 4.78 is 25.2. The van der Waals surface area contributed by atoms with Gasteiger partial charge in [-0.3, -0.25) is 4.98 Å². The minimum absolute atomic E-state index is 0.0504. The quantitative estimate of drug-likeness (QED) is 0.694. The summed E-state index contributed by atoms with van der Waals surface area (Å²) in [6, 6.07) is 10.9. The van der Waals surface area contributed by atoms with Crippen LogP contribution in [0.25, 0.3) is 0 Å². The van der Waals surface area contributed by atoms with Gasteiger partial charge in [0, 0.05) is 23.2 Å². The van der Waals surface area contributed by atoms with Gasteiger partial charge in [0.15, 0.2) is 9.84 Å². The van der Waals surface area contributed by atoms with Crippen molar-refractivity contribution in [3.8, 4) is 0 Å². The van der Waals surface area contributed by atoms with E-state index < -0.39 is 9.84 Å². The summed E-state index contributed by atoms with van der Waals surface area (Å²) in [7, 11) is -3.30. The second-order valence-corrected chi connectivity index (χ2v) is 9.73. The summed E-state index contributed by atoms with van der Waals surface area (Å²) in [4.78, 5) is 5.14. The van der Waals surface area contributed by atoms with Crippen LogP contribution in [0.2, 0.25) is 0 Å². The van der Waals surface area contributed by atoms with E-state index >= 15 is 0 Å². The minimum Gasteiger partial charge on any atom is -0.257 e. The van der Waals surface area contributed by atoms with Gasteiger partial charge in [-0.15, -0.1) is 0 Å². The molecule has 142 valence electrons. The highest BCUT2D eigenvalue weighted by Crippen LogP contribution is 2.36. The van der Waals surface area contributed by atoms with Gasteiger partial charge < -0.3 is 0 Å². The Morgan fingerprint density at radius 2 is 1.93 bits per heavy atom. The predicted molar refractivity (Wildman–Crippen MR) is 111 cm³/mol. The third-order valence-corrected chi connectivity index (χ3v) is 7.18. The van der Waals surface area contributed by atoms with Gasteiger partial charge in [-0.05, 0) is 50.5 Å². The molecule has 1 unspecified atom stereocenters. The fourth-order valence-electron chi connectivity index (χ4n) is 3.56. The zero-order valence-electron chi connectivity index (χ0n) is 16.5. The first-order chi connectivity index (χ1) is 12.7. The second-order valence-electron chi connectivity index (χ2n) is 7.74.